The number of nitrogens with one attached hydrogen (secondary N) is 1. The van der Waals surface area contributed by atoms with E-state index in [1.165, 1.54) is 0 Å². The minimum atomic E-state index is -3.32. The maximum atomic E-state index is 12.6. The van der Waals surface area contributed by atoms with Crippen molar-refractivity contribution in [2.75, 3.05) is 19.6 Å². The first-order chi connectivity index (χ1) is 9.57. The van der Waals surface area contributed by atoms with E-state index >= 15 is 0 Å². The normalized spacial score (nSPS) is 20.4. The zero-order valence-corrected chi connectivity index (χ0v) is 13.1. The standard InChI is InChI=1S/C15H24N2O2S/c1-3-13-8-9-17(12-13)20(18,19)15-7-5-6-14(10-15)11-16-4-2/h5-7,10,13,16H,3-4,8-9,11-12H2,1-2H3. The van der Waals surface area contributed by atoms with Crippen molar-refractivity contribution in [3.8, 4) is 0 Å². The fourth-order valence-corrected chi connectivity index (χ4v) is 4.18. The van der Waals surface area contributed by atoms with E-state index in [1.54, 1.807) is 16.4 Å². The van der Waals surface area contributed by atoms with Crippen LogP contribution in [-0.4, -0.2) is 32.4 Å². The van der Waals surface area contributed by atoms with Crippen molar-refractivity contribution < 1.29 is 8.42 Å². The summed E-state index contributed by atoms with van der Waals surface area (Å²) < 4.78 is 26.9. The van der Waals surface area contributed by atoms with Crippen LogP contribution in [0.5, 0.6) is 0 Å². The summed E-state index contributed by atoms with van der Waals surface area (Å²) in [5, 5.41) is 3.22. The van der Waals surface area contributed by atoms with Gasteiger partial charge in [-0.25, -0.2) is 8.42 Å². The van der Waals surface area contributed by atoms with Gasteiger partial charge in [0.2, 0.25) is 10.0 Å². The maximum Gasteiger partial charge on any atom is 0.243 e. The van der Waals surface area contributed by atoms with Crippen LogP contribution in [0.3, 0.4) is 0 Å². The highest BCUT2D eigenvalue weighted by atomic mass is 32.2. The van der Waals surface area contributed by atoms with Crippen molar-refractivity contribution in [1.82, 2.24) is 9.62 Å². The Morgan fingerprint density at radius 3 is 2.80 bits per heavy atom. The minimum absolute atomic E-state index is 0.421. The second kappa shape index (κ2) is 6.70. The van der Waals surface area contributed by atoms with Crippen LogP contribution >= 0.6 is 0 Å². The topological polar surface area (TPSA) is 49.4 Å². The summed E-state index contributed by atoms with van der Waals surface area (Å²) in [6.45, 7) is 7.06. The molecule has 1 atom stereocenters. The van der Waals surface area contributed by atoms with Gasteiger partial charge in [0.1, 0.15) is 0 Å². The van der Waals surface area contributed by atoms with Crippen molar-refractivity contribution in [3.05, 3.63) is 29.8 Å². The zero-order valence-electron chi connectivity index (χ0n) is 12.3. The van der Waals surface area contributed by atoms with Gasteiger partial charge in [-0.1, -0.05) is 32.4 Å². The predicted molar refractivity (Wildman–Crippen MR) is 81.0 cm³/mol. The average Bonchev–Trinajstić information content (AvgIpc) is 2.95. The molecule has 5 heteroatoms. The highest BCUT2D eigenvalue weighted by Crippen LogP contribution is 2.26. The molecule has 20 heavy (non-hydrogen) atoms. The van der Waals surface area contributed by atoms with Gasteiger partial charge in [-0.2, -0.15) is 4.31 Å². The molecular formula is C15H24N2O2S. The Labute approximate surface area is 122 Å². The SMILES string of the molecule is CCNCc1cccc(S(=O)(=O)N2CCC(CC)C2)c1. The lowest BCUT2D eigenvalue weighted by Crippen LogP contribution is -2.29. The molecule has 0 bridgehead atoms. The summed E-state index contributed by atoms with van der Waals surface area (Å²) in [4.78, 5) is 0.421. The monoisotopic (exact) mass is 296 g/mol. The quantitative estimate of drug-likeness (QED) is 0.875. The van der Waals surface area contributed by atoms with Gasteiger partial charge in [-0.15, -0.1) is 0 Å². The number of rotatable bonds is 6. The Bertz CT molecular complexity index is 543. The summed E-state index contributed by atoms with van der Waals surface area (Å²) >= 11 is 0. The van der Waals surface area contributed by atoms with Gasteiger partial charge in [0.25, 0.3) is 0 Å². The molecule has 4 nitrogen and oxygen atoms in total. The number of benzene rings is 1. The summed E-state index contributed by atoms with van der Waals surface area (Å²) in [6, 6.07) is 7.27. The van der Waals surface area contributed by atoms with E-state index in [1.807, 2.05) is 19.1 Å². The molecule has 1 aromatic carbocycles. The number of hydrogen-bond donors (Lipinski definition) is 1. The first kappa shape index (κ1) is 15.5. The van der Waals surface area contributed by atoms with E-state index in [0.717, 1.165) is 24.9 Å². The molecule has 1 saturated heterocycles. The van der Waals surface area contributed by atoms with Crippen LogP contribution in [0.15, 0.2) is 29.2 Å². The molecule has 1 N–H and O–H groups in total. The predicted octanol–water partition coefficient (Wildman–Crippen LogP) is 2.22. The maximum absolute atomic E-state index is 12.6. The van der Waals surface area contributed by atoms with Gasteiger partial charge in [0, 0.05) is 19.6 Å². The van der Waals surface area contributed by atoms with E-state index in [-0.39, 0.29) is 0 Å². The van der Waals surface area contributed by atoms with E-state index < -0.39 is 10.0 Å². The highest BCUT2D eigenvalue weighted by Gasteiger charge is 2.31. The van der Waals surface area contributed by atoms with Crippen molar-refractivity contribution in [1.29, 1.82) is 0 Å². The van der Waals surface area contributed by atoms with Gasteiger partial charge in [0.15, 0.2) is 0 Å². The van der Waals surface area contributed by atoms with Crippen molar-refractivity contribution in [2.45, 2.75) is 38.1 Å². The first-order valence-corrected chi connectivity index (χ1v) is 8.81. The fourth-order valence-electron chi connectivity index (χ4n) is 2.58. The third-order valence-corrected chi connectivity index (χ3v) is 5.80. The second-order valence-electron chi connectivity index (χ2n) is 5.35. The van der Waals surface area contributed by atoms with Gasteiger partial charge in [-0.05, 0) is 36.6 Å². The van der Waals surface area contributed by atoms with Crippen LogP contribution in [0, 0.1) is 5.92 Å². The smallest absolute Gasteiger partial charge is 0.243 e. The molecule has 1 aliphatic rings. The van der Waals surface area contributed by atoms with E-state index in [2.05, 4.69) is 12.2 Å². The Morgan fingerprint density at radius 1 is 1.35 bits per heavy atom. The Kier molecular flexibility index (Phi) is 5.18. The molecule has 2 rings (SSSR count). The molecule has 0 spiro atoms. The Hall–Kier alpha value is -0.910. The number of nitrogens with zero attached hydrogens (tertiary/aromatic N) is 1. The fraction of sp³-hybridized carbons (Fsp3) is 0.600. The molecule has 1 fully saturated rings. The lowest BCUT2D eigenvalue weighted by atomic mass is 10.1. The summed E-state index contributed by atoms with van der Waals surface area (Å²) in [7, 11) is -3.32. The van der Waals surface area contributed by atoms with E-state index in [0.29, 0.717) is 30.4 Å². The highest BCUT2D eigenvalue weighted by molar-refractivity contribution is 7.89. The Balaban J connectivity index is 2.17. The van der Waals surface area contributed by atoms with Crippen LogP contribution in [0.25, 0.3) is 0 Å². The molecule has 1 heterocycles. The molecule has 0 saturated carbocycles. The summed E-state index contributed by atoms with van der Waals surface area (Å²) in [5.41, 5.74) is 1.01. The van der Waals surface area contributed by atoms with Gasteiger partial charge < -0.3 is 5.32 Å². The molecule has 0 amide bonds. The van der Waals surface area contributed by atoms with Gasteiger partial charge in [0.05, 0.1) is 4.90 Å². The van der Waals surface area contributed by atoms with Gasteiger partial charge >= 0.3 is 0 Å². The first-order valence-electron chi connectivity index (χ1n) is 7.37. The largest absolute Gasteiger partial charge is 0.313 e. The van der Waals surface area contributed by atoms with Crippen molar-refractivity contribution in [2.24, 2.45) is 5.92 Å². The molecule has 0 aromatic heterocycles. The summed E-state index contributed by atoms with van der Waals surface area (Å²) in [6.07, 6.45) is 2.03. The van der Waals surface area contributed by atoms with Crippen LogP contribution < -0.4 is 5.32 Å². The Morgan fingerprint density at radius 2 is 2.15 bits per heavy atom. The second-order valence-corrected chi connectivity index (χ2v) is 7.29. The van der Waals surface area contributed by atoms with Crippen LogP contribution in [-0.2, 0) is 16.6 Å². The lowest BCUT2D eigenvalue weighted by Gasteiger charge is -2.17. The van der Waals surface area contributed by atoms with Crippen molar-refractivity contribution >= 4 is 10.0 Å². The van der Waals surface area contributed by atoms with E-state index in [4.69, 9.17) is 0 Å². The molecule has 1 aromatic rings. The van der Waals surface area contributed by atoms with Crippen molar-refractivity contribution in [3.63, 3.8) is 0 Å². The molecular weight excluding hydrogens is 272 g/mol. The zero-order chi connectivity index (χ0) is 14.6. The minimum Gasteiger partial charge on any atom is -0.313 e. The molecule has 0 aliphatic carbocycles. The summed E-state index contributed by atoms with van der Waals surface area (Å²) in [5.74, 6) is 0.509. The van der Waals surface area contributed by atoms with Crippen LogP contribution in [0.2, 0.25) is 0 Å². The third kappa shape index (κ3) is 3.40. The molecule has 1 aliphatic heterocycles. The molecule has 1 unspecified atom stereocenters. The molecule has 0 radical (unpaired) electrons. The number of hydrogen-bond acceptors (Lipinski definition) is 3. The van der Waals surface area contributed by atoms with E-state index in [9.17, 15) is 8.42 Å². The van der Waals surface area contributed by atoms with Crippen LogP contribution in [0.1, 0.15) is 32.3 Å². The van der Waals surface area contributed by atoms with Crippen LogP contribution in [0.4, 0.5) is 0 Å². The number of sulfonamides is 1. The lowest BCUT2D eigenvalue weighted by molar-refractivity contribution is 0.453. The third-order valence-electron chi connectivity index (χ3n) is 3.94. The average molecular weight is 296 g/mol. The molecule has 112 valence electrons. The van der Waals surface area contributed by atoms with Gasteiger partial charge in [-0.3, -0.25) is 0 Å².